The minimum absolute atomic E-state index is 0.283. The summed E-state index contributed by atoms with van der Waals surface area (Å²) in [5.74, 6) is 0. The minimum atomic E-state index is 0.283. The van der Waals surface area contributed by atoms with Crippen LogP contribution in [-0.4, -0.2) is 30.1 Å². The number of rotatable bonds is 2. The van der Waals surface area contributed by atoms with Crippen molar-refractivity contribution in [2.45, 2.75) is 38.8 Å². The van der Waals surface area contributed by atoms with Gasteiger partial charge in [0.15, 0.2) is 0 Å². The number of nitrogens with zero attached hydrogens (tertiary/aromatic N) is 1. The van der Waals surface area contributed by atoms with Crippen LogP contribution in [0.25, 0.3) is 0 Å². The molecule has 2 rings (SSSR count). The highest BCUT2D eigenvalue weighted by molar-refractivity contribution is 5.18. The summed E-state index contributed by atoms with van der Waals surface area (Å²) in [5, 5.41) is 3.62. The maximum atomic E-state index is 3.62. The summed E-state index contributed by atoms with van der Waals surface area (Å²) in [6.07, 6.45) is 1.21. The predicted octanol–water partition coefficient (Wildman–Crippen LogP) is 2.82. The van der Waals surface area contributed by atoms with Gasteiger partial charge in [0.25, 0.3) is 0 Å². The first-order valence-electron chi connectivity index (χ1n) is 6.62. The summed E-state index contributed by atoms with van der Waals surface area (Å²) in [7, 11) is 0. The maximum absolute atomic E-state index is 3.62. The van der Waals surface area contributed by atoms with E-state index in [1.165, 1.54) is 18.5 Å². The first-order chi connectivity index (χ1) is 8.08. The zero-order valence-electron chi connectivity index (χ0n) is 11.2. The summed E-state index contributed by atoms with van der Waals surface area (Å²) in [5.41, 5.74) is 1.71. The largest absolute Gasteiger partial charge is 0.310 e. The molecule has 1 heterocycles. The fourth-order valence-electron chi connectivity index (χ4n) is 2.49. The van der Waals surface area contributed by atoms with Crippen LogP contribution < -0.4 is 5.32 Å². The molecule has 2 heteroatoms. The molecule has 1 aromatic carbocycles. The summed E-state index contributed by atoms with van der Waals surface area (Å²) in [6, 6.07) is 11.3. The zero-order chi connectivity index (χ0) is 12.3. The van der Waals surface area contributed by atoms with Crippen LogP contribution in [-0.2, 0) is 0 Å². The molecule has 1 N–H and O–H groups in total. The molecule has 94 valence electrons. The second-order valence-corrected chi connectivity index (χ2v) is 5.68. The van der Waals surface area contributed by atoms with Crippen molar-refractivity contribution in [3.8, 4) is 0 Å². The number of nitrogens with one attached hydrogen (secondary N) is 1. The second kappa shape index (κ2) is 5.19. The van der Waals surface area contributed by atoms with Gasteiger partial charge < -0.3 is 5.32 Å². The molecular weight excluding hydrogens is 208 g/mol. The van der Waals surface area contributed by atoms with Gasteiger partial charge in [0.05, 0.1) is 0 Å². The zero-order valence-corrected chi connectivity index (χ0v) is 11.2. The van der Waals surface area contributed by atoms with Crippen molar-refractivity contribution in [1.29, 1.82) is 0 Å². The molecule has 0 radical (unpaired) electrons. The Balaban J connectivity index is 2.03. The van der Waals surface area contributed by atoms with Gasteiger partial charge in [-0.3, -0.25) is 4.90 Å². The molecule has 2 nitrogen and oxygen atoms in total. The van der Waals surface area contributed by atoms with Crippen LogP contribution in [0.5, 0.6) is 0 Å². The van der Waals surface area contributed by atoms with Crippen molar-refractivity contribution in [3.05, 3.63) is 35.9 Å². The third-order valence-corrected chi connectivity index (χ3v) is 3.86. The first-order valence-corrected chi connectivity index (χ1v) is 6.62. The summed E-state index contributed by atoms with van der Waals surface area (Å²) in [6.45, 7) is 10.3. The molecule has 0 bridgehead atoms. The molecular formula is C15H24N2. The molecule has 1 saturated heterocycles. The Morgan fingerprint density at radius 3 is 2.59 bits per heavy atom. The van der Waals surface area contributed by atoms with Crippen molar-refractivity contribution in [2.75, 3.05) is 19.6 Å². The Hall–Kier alpha value is -0.860. The van der Waals surface area contributed by atoms with E-state index < -0.39 is 0 Å². The Morgan fingerprint density at radius 1 is 1.18 bits per heavy atom. The van der Waals surface area contributed by atoms with E-state index in [0.717, 1.165) is 13.1 Å². The van der Waals surface area contributed by atoms with Crippen LogP contribution in [0.3, 0.4) is 0 Å². The lowest BCUT2D eigenvalue weighted by Crippen LogP contribution is -2.39. The van der Waals surface area contributed by atoms with Crippen LogP contribution in [0.1, 0.15) is 38.8 Å². The topological polar surface area (TPSA) is 15.3 Å². The van der Waals surface area contributed by atoms with Gasteiger partial charge in [0, 0.05) is 31.2 Å². The van der Waals surface area contributed by atoms with Crippen LogP contribution in [0.2, 0.25) is 0 Å². The Kier molecular flexibility index (Phi) is 3.85. The second-order valence-electron chi connectivity index (χ2n) is 5.68. The normalized spacial score (nSPS) is 23.0. The third-order valence-electron chi connectivity index (χ3n) is 3.86. The molecule has 1 unspecified atom stereocenters. The van der Waals surface area contributed by atoms with E-state index in [2.05, 4.69) is 61.3 Å². The van der Waals surface area contributed by atoms with Gasteiger partial charge in [-0.15, -0.1) is 0 Å². The molecule has 0 spiro atoms. The molecule has 0 aliphatic carbocycles. The van der Waals surface area contributed by atoms with Gasteiger partial charge in [-0.2, -0.15) is 0 Å². The quantitative estimate of drug-likeness (QED) is 0.843. The first kappa shape index (κ1) is 12.6. The van der Waals surface area contributed by atoms with Crippen molar-refractivity contribution < 1.29 is 0 Å². The fraction of sp³-hybridized carbons (Fsp3) is 0.600. The molecule has 1 aliphatic rings. The fourth-order valence-corrected chi connectivity index (χ4v) is 2.49. The Morgan fingerprint density at radius 2 is 1.88 bits per heavy atom. The molecule has 0 aromatic heterocycles. The highest BCUT2D eigenvalue weighted by atomic mass is 15.2. The van der Waals surface area contributed by atoms with Gasteiger partial charge in [-0.05, 0) is 32.8 Å². The van der Waals surface area contributed by atoms with Crippen molar-refractivity contribution >= 4 is 0 Å². The average Bonchev–Trinajstić information content (AvgIpc) is 2.50. The third kappa shape index (κ3) is 3.30. The Labute approximate surface area is 105 Å². The van der Waals surface area contributed by atoms with Crippen molar-refractivity contribution in [3.63, 3.8) is 0 Å². The van der Waals surface area contributed by atoms with Gasteiger partial charge in [-0.25, -0.2) is 0 Å². The van der Waals surface area contributed by atoms with E-state index in [1.54, 1.807) is 0 Å². The molecule has 0 saturated carbocycles. The molecule has 0 amide bonds. The highest BCUT2D eigenvalue weighted by Crippen LogP contribution is 2.23. The van der Waals surface area contributed by atoms with Gasteiger partial charge in [-0.1, -0.05) is 30.3 Å². The van der Waals surface area contributed by atoms with E-state index in [9.17, 15) is 0 Å². The molecule has 17 heavy (non-hydrogen) atoms. The van der Waals surface area contributed by atoms with Gasteiger partial charge in [0.2, 0.25) is 0 Å². The van der Waals surface area contributed by atoms with Gasteiger partial charge in [0.1, 0.15) is 0 Å². The number of hydrogen-bond donors (Lipinski definition) is 1. The summed E-state index contributed by atoms with van der Waals surface area (Å²) >= 11 is 0. The SMILES string of the molecule is CC(c1ccccc1)N1CCNC(C)(C)CC1. The van der Waals surface area contributed by atoms with E-state index >= 15 is 0 Å². The summed E-state index contributed by atoms with van der Waals surface area (Å²) < 4.78 is 0. The molecule has 1 aromatic rings. The van der Waals surface area contributed by atoms with E-state index in [1.807, 2.05) is 0 Å². The van der Waals surface area contributed by atoms with Crippen molar-refractivity contribution in [1.82, 2.24) is 10.2 Å². The predicted molar refractivity (Wildman–Crippen MR) is 73.1 cm³/mol. The summed E-state index contributed by atoms with van der Waals surface area (Å²) in [4.78, 5) is 2.58. The van der Waals surface area contributed by atoms with Gasteiger partial charge >= 0.3 is 0 Å². The van der Waals surface area contributed by atoms with Crippen LogP contribution in [0.15, 0.2) is 30.3 Å². The molecule has 1 aliphatic heterocycles. The number of hydrogen-bond acceptors (Lipinski definition) is 2. The van der Waals surface area contributed by atoms with E-state index in [0.29, 0.717) is 6.04 Å². The standard InChI is InChI=1S/C15H24N2/c1-13(14-7-5-4-6-8-14)17-11-9-15(2,3)16-10-12-17/h4-8,13,16H,9-12H2,1-3H3. The molecule has 1 fully saturated rings. The lowest BCUT2D eigenvalue weighted by molar-refractivity contribution is 0.220. The highest BCUT2D eigenvalue weighted by Gasteiger charge is 2.24. The van der Waals surface area contributed by atoms with E-state index in [4.69, 9.17) is 0 Å². The monoisotopic (exact) mass is 232 g/mol. The Bertz CT molecular complexity index is 345. The lowest BCUT2D eigenvalue weighted by Gasteiger charge is -2.28. The van der Waals surface area contributed by atoms with Crippen molar-refractivity contribution in [2.24, 2.45) is 0 Å². The molecule has 1 atom stereocenters. The van der Waals surface area contributed by atoms with E-state index in [-0.39, 0.29) is 5.54 Å². The maximum Gasteiger partial charge on any atom is 0.0320 e. The van der Waals surface area contributed by atoms with Crippen LogP contribution >= 0.6 is 0 Å². The average molecular weight is 232 g/mol. The smallest absolute Gasteiger partial charge is 0.0320 e. The lowest BCUT2D eigenvalue weighted by atomic mass is 10.0. The number of benzene rings is 1. The van der Waals surface area contributed by atoms with Crippen LogP contribution in [0, 0.1) is 0 Å². The van der Waals surface area contributed by atoms with Crippen LogP contribution in [0.4, 0.5) is 0 Å². The minimum Gasteiger partial charge on any atom is -0.310 e.